The van der Waals surface area contributed by atoms with E-state index in [9.17, 15) is 4.79 Å². The summed E-state index contributed by atoms with van der Waals surface area (Å²) >= 11 is 1.50. The molecule has 6 heteroatoms. The highest BCUT2D eigenvalue weighted by Gasteiger charge is 2.17. The van der Waals surface area contributed by atoms with Crippen LogP contribution in [0, 0.1) is 0 Å². The molecule has 4 rings (SSSR count). The van der Waals surface area contributed by atoms with Crippen LogP contribution in [0.5, 0.6) is 0 Å². The van der Waals surface area contributed by atoms with E-state index >= 15 is 0 Å². The Morgan fingerprint density at radius 3 is 2.88 bits per heavy atom. The van der Waals surface area contributed by atoms with Crippen molar-refractivity contribution >= 4 is 27.3 Å². The number of rotatable bonds is 4. The van der Waals surface area contributed by atoms with Gasteiger partial charge in [0, 0.05) is 35.8 Å². The van der Waals surface area contributed by atoms with Crippen LogP contribution in [0.3, 0.4) is 0 Å². The summed E-state index contributed by atoms with van der Waals surface area (Å²) in [6, 6.07) is 15.5. The predicted molar refractivity (Wildman–Crippen MR) is 97.4 cm³/mol. The molecule has 0 atom stereocenters. The largest absolute Gasteiger partial charge is 0.359 e. The molecule has 4 aromatic rings. The van der Waals surface area contributed by atoms with Gasteiger partial charge in [0.2, 0.25) is 0 Å². The molecule has 3 heterocycles. The van der Waals surface area contributed by atoms with Crippen molar-refractivity contribution in [3.8, 4) is 11.3 Å². The van der Waals surface area contributed by atoms with E-state index in [1.807, 2.05) is 48.5 Å². The number of hydrogen-bond acceptors (Lipinski definition) is 5. The van der Waals surface area contributed by atoms with Crippen molar-refractivity contribution in [2.45, 2.75) is 6.54 Å². The molecule has 1 amide bonds. The number of aromatic nitrogens is 2. The van der Waals surface area contributed by atoms with Crippen molar-refractivity contribution in [1.29, 1.82) is 0 Å². The Hall–Kier alpha value is -2.99. The molecule has 0 aliphatic heterocycles. The number of carbonyl (C=O) groups excluding carboxylic acids is 1. The van der Waals surface area contributed by atoms with E-state index in [2.05, 4.69) is 10.1 Å². The average Bonchev–Trinajstić information content (AvgIpc) is 3.28. The highest BCUT2D eigenvalue weighted by Crippen LogP contribution is 2.26. The van der Waals surface area contributed by atoms with E-state index in [0.29, 0.717) is 18.0 Å². The van der Waals surface area contributed by atoms with Crippen LogP contribution in [0.4, 0.5) is 0 Å². The summed E-state index contributed by atoms with van der Waals surface area (Å²) in [5.41, 5.74) is 1.60. The summed E-state index contributed by atoms with van der Waals surface area (Å²) in [5.74, 6) is 0.608. The van der Waals surface area contributed by atoms with Crippen LogP contribution in [-0.4, -0.2) is 28.0 Å². The number of fused-ring (bicyclic) bond motifs is 1. The van der Waals surface area contributed by atoms with Crippen LogP contribution in [0.1, 0.15) is 15.4 Å². The fourth-order valence-corrected chi connectivity index (χ4v) is 3.68. The average molecular weight is 349 g/mol. The Morgan fingerprint density at radius 2 is 2.08 bits per heavy atom. The van der Waals surface area contributed by atoms with E-state index in [-0.39, 0.29) is 5.91 Å². The second-order valence-corrected chi connectivity index (χ2v) is 6.81. The summed E-state index contributed by atoms with van der Waals surface area (Å²) < 4.78 is 6.48. The standard InChI is InChI=1S/C19H15N3O2S/c1-22(19(23)18-9-13-5-2-3-7-17(13)25-18)12-15-10-16(21-24-15)14-6-4-8-20-11-14/h2-11H,12H2,1H3. The van der Waals surface area contributed by atoms with Crippen molar-refractivity contribution in [2.75, 3.05) is 7.05 Å². The fourth-order valence-electron chi connectivity index (χ4n) is 2.62. The second kappa shape index (κ2) is 6.49. The molecule has 0 unspecified atom stereocenters. The molecule has 0 aliphatic rings. The van der Waals surface area contributed by atoms with Crippen molar-refractivity contribution in [1.82, 2.24) is 15.0 Å². The number of hydrogen-bond donors (Lipinski definition) is 0. The number of nitrogens with zero attached hydrogens (tertiary/aromatic N) is 3. The first kappa shape index (κ1) is 15.5. The number of thiophene rings is 1. The van der Waals surface area contributed by atoms with Crippen LogP contribution in [0.25, 0.3) is 21.3 Å². The second-order valence-electron chi connectivity index (χ2n) is 5.73. The highest BCUT2D eigenvalue weighted by atomic mass is 32.1. The minimum Gasteiger partial charge on any atom is -0.359 e. The van der Waals surface area contributed by atoms with E-state index in [1.165, 1.54) is 11.3 Å². The van der Waals surface area contributed by atoms with Crippen LogP contribution in [-0.2, 0) is 6.54 Å². The molecule has 0 spiro atoms. The third-order valence-corrected chi connectivity index (χ3v) is 5.00. The van der Waals surface area contributed by atoms with Gasteiger partial charge in [-0.2, -0.15) is 0 Å². The zero-order chi connectivity index (χ0) is 17.2. The van der Waals surface area contributed by atoms with Gasteiger partial charge in [-0.15, -0.1) is 11.3 Å². The maximum Gasteiger partial charge on any atom is 0.264 e. The number of amides is 1. The van der Waals surface area contributed by atoms with Crippen molar-refractivity contribution in [2.24, 2.45) is 0 Å². The van der Waals surface area contributed by atoms with Crippen molar-refractivity contribution in [3.63, 3.8) is 0 Å². The third-order valence-electron chi connectivity index (χ3n) is 3.89. The lowest BCUT2D eigenvalue weighted by Crippen LogP contribution is -2.25. The Kier molecular flexibility index (Phi) is 4.03. The van der Waals surface area contributed by atoms with E-state index < -0.39 is 0 Å². The smallest absolute Gasteiger partial charge is 0.264 e. The first-order valence-corrected chi connectivity index (χ1v) is 8.62. The first-order valence-electron chi connectivity index (χ1n) is 7.81. The Labute approximate surface area is 148 Å². The maximum absolute atomic E-state index is 12.7. The Balaban J connectivity index is 1.50. The molecule has 0 radical (unpaired) electrons. The highest BCUT2D eigenvalue weighted by molar-refractivity contribution is 7.20. The third kappa shape index (κ3) is 3.16. The quantitative estimate of drug-likeness (QED) is 0.553. The lowest BCUT2D eigenvalue weighted by Gasteiger charge is -2.13. The minimum atomic E-state index is -0.0273. The molecule has 0 bridgehead atoms. The predicted octanol–water partition coefficient (Wildman–Crippen LogP) is 4.22. The van der Waals surface area contributed by atoms with Gasteiger partial charge < -0.3 is 9.42 Å². The van der Waals surface area contributed by atoms with Gasteiger partial charge in [0.25, 0.3) is 5.91 Å². The zero-order valence-electron chi connectivity index (χ0n) is 13.5. The summed E-state index contributed by atoms with van der Waals surface area (Å²) in [5, 5.41) is 5.14. The molecule has 3 aromatic heterocycles. The molecule has 1 aromatic carbocycles. The van der Waals surface area contributed by atoms with Crippen LogP contribution in [0.2, 0.25) is 0 Å². The molecule has 5 nitrogen and oxygen atoms in total. The van der Waals surface area contributed by atoms with Crippen LogP contribution < -0.4 is 0 Å². The van der Waals surface area contributed by atoms with E-state index in [0.717, 1.165) is 20.5 Å². The number of pyridine rings is 1. The summed E-state index contributed by atoms with van der Waals surface area (Å²) in [6.45, 7) is 0.361. The van der Waals surface area contributed by atoms with Gasteiger partial charge in [0.1, 0.15) is 5.69 Å². The Morgan fingerprint density at radius 1 is 1.20 bits per heavy atom. The SMILES string of the molecule is CN(Cc1cc(-c2cccnc2)no1)C(=O)c1cc2ccccc2s1. The molecule has 0 saturated heterocycles. The van der Waals surface area contributed by atoms with E-state index in [1.54, 1.807) is 24.3 Å². The molecular weight excluding hydrogens is 334 g/mol. The van der Waals surface area contributed by atoms with Gasteiger partial charge in [-0.05, 0) is 29.7 Å². The molecular formula is C19H15N3O2S. The maximum atomic E-state index is 12.7. The fraction of sp³-hybridized carbons (Fsp3) is 0.105. The molecule has 0 saturated carbocycles. The summed E-state index contributed by atoms with van der Waals surface area (Å²) in [7, 11) is 1.76. The van der Waals surface area contributed by atoms with Crippen LogP contribution >= 0.6 is 11.3 Å². The molecule has 25 heavy (non-hydrogen) atoms. The van der Waals surface area contributed by atoms with Gasteiger partial charge in [0.15, 0.2) is 5.76 Å². The first-order chi connectivity index (χ1) is 12.2. The lowest BCUT2D eigenvalue weighted by atomic mass is 10.2. The normalized spacial score (nSPS) is 10.9. The van der Waals surface area contributed by atoms with Crippen LogP contribution in [0.15, 0.2) is 65.4 Å². The van der Waals surface area contributed by atoms with Gasteiger partial charge in [-0.1, -0.05) is 23.4 Å². The zero-order valence-corrected chi connectivity index (χ0v) is 14.4. The number of carbonyl (C=O) groups is 1. The monoisotopic (exact) mass is 349 g/mol. The van der Waals surface area contributed by atoms with E-state index in [4.69, 9.17) is 4.52 Å². The molecule has 0 fully saturated rings. The minimum absolute atomic E-state index is 0.0273. The van der Waals surface area contributed by atoms with Crippen molar-refractivity contribution < 1.29 is 9.32 Å². The molecule has 0 N–H and O–H groups in total. The van der Waals surface area contributed by atoms with Gasteiger partial charge >= 0.3 is 0 Å². The summed E-state index contributed by atoms with van der Waals surface area (Å²) in [4.78, 5) is 19.1. The molecule has 124 valence electrons. The van der Waals surface area contributed by atoms with Gasteiger partial charge in [0.05, 0.1) is 11.4 Å². The molecule has 0 aliphatic carbocycles. The van der Waals surface area contributed by atoms with Gasteiger partial charge in [-0.25, -0.2) is 0 Å². The summed E-state index contributed by atoms with van der Waals surface area (Å²) in [6.07, 6.45) is 3.44. The lowest BCUT2D eigenvalue weighted by molar-refractivity contribution is 0.0777. The number of benzene rings is 1. The Bertz CT molecular complexity index is 990. The van der Waals surface area contributed by atoms with Crippen molar-refractivity contribution in [3.05, 3.63) is 71.6 Å². The van der Waals surface area contributed by atoms with Gasteiger partial charge in [-0.3, -0.25) is 9.78 Å². The topological polar surface area (TPSA) is 59.2 Å².